The molecule has 10 heteroatoms. The van der Waals surface area contributed by atoms with E-state index in [4.69, 9.17) is 19.4 Å². The van der Waals surface area contributed by atoms with Crippen molar-refractivity contribution in [1.29, 1.82) is 0 Å². The zero-order chi connectivity index (χ0) is 24.8. The number of aromatic nitrogens is 4. The number of carbonyl (C=O) groups excluding carboxylic acids is 1. The van der Waals surface area contributed by atoms with Crippen molar-refractivity contribution in [3.63, 3.8) is 0 Å². The first kappa shape index (κ1) is 25.2. The van der Waals surface area contributed by atoms with Crippen LogP contribution < -0.4 is 15.0 Å². The van der Waals surface area contributed by atoms with Gasteiger partial charge in [-0.1, -0.05) is 51.6 Å². The van der Waals surface area contributed by atoms with Gasteiger partial charge in [0.25, 0.3) is 5.91 Å². The average molecular weight is 499 g/mol. The lowest BCUT2D eigenvalue weighted by Gasteiger charge is -2.28. The Balaban J connectivity index is 1.38. The summed E-state index contributed by atoms with van der Waals surface area (Å²) in [6.07, 6.45) is 1.82. The zero-order valence-electron chi connectivity index (χ0n) is 20.9. The van der Waals surface area contributed by atoms with E-state index in [0.717, 1.165) is 35.1 Å². The van der Waals surface area contributed by atoms with Gasteiger partial charge in [-0.3, -0.25) is 4.79 Å². The summed E-state index contributed by atoms with van der Waals surface area (Å²) in [7, 11) is 0. The zero-order valence-corrected chi connectivity index (χ0v) is 21.7. The number of nitrogens with zero attached hydrogens (tertiary/aromatic N) is 5. The minimum atomic E-state index is -0.172. The predicted octanol–water partition coefficient (Wildman–Crippen LogP) is 3.48. The highest BCUT2D eigenvalue weighted by Gasteiger charge is 2.20. The molecule has 4 rings (SSSR count). The molecule has 9 nitrogen and oxygen atoms in total. The number of benzene rings is 1. The Bertz CT molecular complexity index is 1130. The minimum Gasteiger partial charge on any atom is -0.484 e. The molecule has 3 aromatic rings. The molecule has 35 heavy (non-hydrogen) atoms. The molecule has 1 aromatic carbocycles. The highest BCUT2D eigenvalue weighted by atomic mass is 32.2. The Morgan fingerprint density at radius 2 is 1.89 bits per heavy atom. The Labute approximate surface area is 210 Å². The lowest BCUT2D eigenvalue weighted by atomic mass is 10.0. The molecule has 188 valence electrons. The van der Waals surface area contributed by atoms with Crippen LogP contribution in [0.5, 0.6) is 5.75 Å². The highest BCUT2D eigenvalue weighted by molar-refractivity contribution is 7.99. The lowest BCUT2D eigenvalue weighted by Crippen LogP contribution is -2.37. The molecule has 1 aliphatic heterocycles. The van der Waals surface area contributed by atoms with Crippen molar-refractivity contribution in [3.05, 3.63) is 36.0 Å². The summed E-state index contributed by atoms with van der Waals surface area (Å²) in [5.41, 5.74) is 2.02. The Morgan fingerprint density at radius 3 is 2.57 bits per heavy atom. The minimum absolute atomic E-state index is 0.0284. The maximum absolute atomic E-state index is 12.3. The third-order valence-corrected chi connectivity index (χ3v) is 6.53. The fraction of sp³-hybridized carbons (Fsp3) is 0.520. The van der Waals surface area contributed by atoms with Crippen molar-refractivity contribution in [1.82, 2.24) is 25.1 Å². The molecular weight excluding hydrogens is 464 g/mol. The SMILES string of the molecule is CC(C)Sc1nc(N2CCOCC2)c2cnn(CCNC(=O)COc3ccc(C(C)C)cc3)c2n1. The van der Waals surface area contributed by atoms with Gasteiger partial charge in [0.2, 0.25) is 0 Å². The van der Waals surface area contributed by atoms with E-state index in [2.05, 4.69) is 43.0 Å². The molecule has 3 heterocycles. The van der Waals surface area contributed by atoms with Crippen LogP contribution in [0.1, 0.15) is 39.2 Å². The first-order chi connectivity index (χ1) is 16.9. The van der Waals surface area contributed by atoms with E-state index < -0.39 is 0 Å². The quantitative estimate of drug-likeness (QED) is 0.335. The number of fused-ring (bicyclic) bond motifs is 1. The molecule has 1 amide bonds. The van der Waals surface area contributed by atoms with Crippen molar-refractivity contribution in [2.45, 2.75) is 50.6 Å². The monoisotopic (exact) mass is 498 g/mol. The number of nitrogens with one attached hydrogen (secondary N) is 1. The molecule has 1 saturated heterocycles. The molecule has 2 aromatic heterocycles. The van der Waals surface area contributed by atoms with Crippen molar-refractivity contribution in [2.24, 2.45) is 0 Å². The second-order valence-corrected chi connectivity index (χ2v) is 10.6. The van der Waals surface area contributed by atoms with Gasteiger partial charge in [-0.25, -0.2) is 14.6 Å². The van der Waals surface area contributed by atoms with Gasteiger partial charge in [-0.15, -0.1) is 0 Å². The van der Waals surface area contributed by atoms with Crippen LogP contribution in [0, 0.1) is 0 Å². The van der Waals surface area contributed by atoms with Gasteiger partial charge in [0.15, 0.2) is 17.4 Å². The van der Waals surface area contributed by atoms with E-state index in [0.29, 0.717) is 43.2 Å². The van der Waals surface area contributed by atoms with E-state index in [1.807, 2.05) is 35.1 Å². The van der Waals surface area contributed by atoms with Crippen LogP contribution in [-0.2, 0) is 16.1 Å². The smallest absolute Gasteiger partial charge is 0.258 e. The van der Waals surface area contributed by atoms with Crippen LogP contribution in [-0.4, -0.2) is 70.4 Å². The summed E-state index contributed by atoms with van der Waals surface area (Å²) in [6, 6.07) is 7.85. The van der Waals surface area contributed by atoms with Crippen LogP contribution in [0.2, 0.25) is 0 Å². The molecule has 0 unspecified atom stereocenters. The van der Waals surface area contributed by atoms with Crippen LogP contribution in [0.4, 0.5) is 5.82 Å². The lowest BCUT2D eigenvalue weighted by molar-refractivity contribution is -0.123. The standard InChI is InChI=1S/C25H34N6O3S/c1-17(2)19-5-7-20(8-6-19)34-16-22(32)26-9-10-31-24-21(15-27-31)23(30-11-13-33-14-12-30)28-25(29-24)35-18(3)4/h5-8,15,17-18H,9-14,16H2,1-4H3,(H,26,32). The van der Waals surface area contributed by atoms with Gasteiger partial charge < -0.3 is 19.7 Å². The molecule has 0 radical (unpaired) electrons. The van der Waals surface area contributed by atoms with Gasteiger partial charge in [-0.05, 0) is 23.6 Å². The highest BCUT2D eigenvalue weighted by Crippen LogP contribution is 2.29. The first-order valence-electron chi connectivity index (χ1n) is 12.1. The molecule has 0 bridgehead atoms. The van der Waals surface area contributed by atoms with Crippen molar-refractivity contribution in [2.75, 3.05) is 44.4 Å². The predicted molar refractivity (Wildman–Crippen MR) is 138 cm³/mol. The van der Waals surface area contributed by atoms with Crippen LogP contribution >= 0.6 is 11.8 Å². The van der Waals surface area contributed by atoms with Crippen molar-refractivity contribution in [3.8, 4) is 5.75 Å². The second-order valence-electron chi connectivity index (χ2n) is 9.06. The number of hydrogen-bond acceptors (Lipinski definition) is 8. The number of carbonyl (C=O) groups is 1. The average Bonchev–Trinajstić information content (AvgIpc) is 3.25. The Kier molecular flexibility index (Phi) is 8.46. The Morgan fingerprint density at radius 1 is 1.14 bits per heavy atom. The van der Waals surface area contributed by atoms with Gasteiger partial charge in [0.1, 0.15) is 11.6 Å². The largest absolute Gasteiger partial charge is 0.484 e. The molecule has 0 spiro atoms. The normalized spacial score (nSPS) is 14.2. The summed E-state index contributed by atoms with van der Waals surface area (Å²) in [5.74, 6) is 1.87. The molecule has 0 aliphatic carbocycles. The van der Waals surface area contributed by atoms with E-state index in [1.165, 1.54) is 5.56 Å². The van der Waals surface area contributed by atoms with E-state index in [-0.39, 0.29) is 12.5 Å². The summed E-state index contributed by atoms with van der Waals surface area (Å²) < 4.78 is 13.0. The van der Waals surface area contributed by atoms with Gasteiger partial charge in [0.05, 0.1) is 31.3 Å². The number of anilines is 1. The van der Waals surface area contributed by atoms with Crippen LogP contribution in [0.3, 0.4) is 0 Å². The summed E-state index contributed by atoms with van der Waals surface area (Å²) in [4.78, 5) is 24.2. The molecule has 1 fully saturated rings. The van der Waals surface area contributed by atoms with Crippen LogP contribution in [0.15, 0.2) is 35.6 Å². The fourth-order valence-electron chi connectivity index (χ4n) is 3.81. The maximum atomic E-state index is 12.3. The molecular formula is C25H34N6O3S. The number of ether oxygens (including phenoxy) is 2. The van der Waals surface area contributed by atoms with E-state index in [9.17, 15) is 4.79 Å². The topological polar surface area (TPSA) is 94.4 Å². The summed E-state index contributed by atoms with van der Waals surface area (Å²) in [6.45, 7) is 12.4. The molecule has 0 atom stereocenters. The van der Waals surface area contributed by atoms with Crippen molar-refractivity contribution >= 4 is 34.5 Å². The van der Waals surface area contributed by atoms with Gasteiger partial charge in [0, 0.05) is 24.9 Å². The fourth-order valence-corrected chi connectivity index (χ4v) is 4.51. The number of amides is 1. The molecule has 1 N–H and O–H groups in total. The number of morpholine rings is 1. The number of rotatable bonds is 10. The number of thioether (sulfide) groups is 1. The number of hydrogen-bond donors (Lipinski definition) is 1. The molecule has 1 aliphatic rings. The van der Waals surface area contributed by atoms with Crippen molar-refractivity contribution < 1.29 is 14.3 Å². The third-order valence-electron chi connectivity index (χ3n) is 5.67. The third kappa shape index (κ3) is 6.64. The summed E-state index contributed by atoms with van der Waals surface area (Å²) >= 11 is 1.63. The Hall–Kier alpha value is -2.85. The van der Waals surface area contributed by atoms with E-state index >= 15 is 0 Å². The van der Waals surface area contributed by atoms with Crippen LogP contribution in [0.25, 0.3) is 11.0 Å². The molecule has 0 saturated carbocycles. The van der Waals surface area contributed by atoms with Gasteiger partial charge >= 0.3 is 0 Å². The van der Waals surface area contributed by atoms with E-state index in [1.54, 1.807) is 11.8 Å². The maximum Gasteiger partial charge on any atom is 0.258 e. The first-order valence-corrected chi connectivity index (χ1v) is 13.0. The summed E-state index contributed by atoms with van der Waals surface area (Å²) in [5, 5.41) is 9.47. The second kappa shape index (κ2) is 11.7. The van der Waals surface area contributed by atoms with Gasteiger partial charge in [-0.2, -0.15) is 5.10 Å².